The van der Waals surface area contributed by atoms with E-state index in [9.17, 15) is 0 Å². The molecule has 0 unspecified atom stereocenters. The van der Waals surface area contributed by atoms with Crippen LogP contribution >= 0.6 is 15.9 Å². The summed E-state index contributed by atoms with van der Waals surface area (Å²) >= 11 is 3.48. The fourth-order valence-electron chi connectivity index (χ4n) is 1.11. The standard InChI is InChI=1S/C11H15BrOSi/c1-9(13-14(2,3)4)10-7-5-6-8-11(10)12/h5-8H,1H2,2-4H3. The summed E-state index contributed by atoms with van der Waals surface area (Å²) in [7, 11) is -1.55. The Morgan fingerprint density at radius 1 is 1.29 bits per heavy atom. The molecular weight excluding hydrogens is 256 g/mol. The van der Waals surface area contributed by atoms with Crippen molar-refractivity contribution in [3.63, 3.8) is 0 Å². The van der Waals surface area contributed by atoms with Gasteiger partial charge in [0.05, 0.1) is 0 Å². The highest BCUT2D eigenvalue weighted by atomic mass is 79.9. The average molecular weight is 271 g/mol. The molecular formula is C11H15BrOSi. The first-order chi connectivity index (χ1) is 6.40. The van der Waals surface area contributed by atoms with Crippen LogP contribution < -0.4 is 0 Å². The zero-order valence-electron chi connectivity index (χ0n) is 8.80. The number of halogens is 1. The number of benzene rings is 1. The van der Waals surface area contributed by atoms with Gasteiger partial charge in [-0.1, -0.05) is 40.7 Å². The van der Waals surface area contributed by atoms with Gasteiger partial charge in [-0.2, -0.15) is 0 Å². The Morgan fingerprint density at radius 3 is 2.36 bits per heavy atom. The minimum atomic E-state index is -1.55. The van der Waals surface area contributed by atoms with Gasteiger partial charge >= 0.3 is 0 Å². The second-order valence-corrected chi connectivity index (χ2v) is 9.40. The first-order valence-electron chi connectivity index (χ1n) is 4.53. The molecule has 0 radical (unpaired) electrons. The first-order valence-corrected chi connectivity index (χ1v) is 8.73. The summed E-state index contributed by atoms with van der Waals surface area (Å²) in [4.78, 5) is 0. The van der Waals surface area contributed by atoms with Crippen molar-refractivity contribution in [2.75, 3.05) is 0 Å². The summed E-state index contributed by atoms with van der Waals surface area (Å²) in [5.41, 5.74) is 1.04. The van der Waals surface area contributed by atoms with E-state index < -0.39 is 8.32 Å². The average Bonchev–Trinajstić information content (AvgIpc) is 2.01. The number of rotatable bonds is 3. The largest absolute Gasteiger partial charge is 0.544 e. The molecule has 0 saturated carbocycles. The van der Waals surface area contributed by atoms with E-state index in [-0.39, 0.29) is 0 Å². The number of hydrogen-bond donors (Lipinski definition) is 0. The SMILES string of the molecule is C=C(O[Si](C)(C)C)c1ccccc1Br. The van der Waals surface area contributed by atoms with E-state index in [0.29, 0.717) is 0 Å². The highest BCUT2D eigenvalue weighted by Gasteiger charge is 2.18. The Kier molecular flexibility index (Phi) is 3.56. The van der Waals surface area contributed by atoms with E-state index in [1.807, 2.05) is 24.3 Å². The first kappa shape index (κ1) is 11.5. The van der Waals surface area contributed by atoms with Crippen LogP contribution in [0.1, 0.15) is 5.56 Å². The van der Waals surface area contributed by atoms with Crippen LogP contribution in [-0.4, -0.2) is 8.32 Å². The van der Waals surface area contributed by atoms with Gasteiger partial charge in [-0.25, -0.2) is 0 Å². The van der Waals surface area contributed by atoms with Gasteiger partial charge in [0, 0.05) is 10.0 Å². The van der Waals surface area contributed by atoms with Crippen LogP contribution in [0.3, 0.4) is 0 Å². The molecule has 0 amide bonds. The Balaban J connectivity index is 2.86. The van der Waals surface area contributed by atoms with Crippen molar-refractivity contribution in [3.05, 3.63) is 40.9 Å². The molecule has 0 saturated heterocycles. The van der Waals surface area contributed by atoms with Crippen molar-refractivity contribution >= 4 is 30.0 Å². The third-order valence-electron chi connectivity index (χ3n) is 1.60. The molecule has 0 fully saturated rings. The van der Waals surface area contributed by atoms with Gasteiger partial charge in [0.2, 0.25) is 8.32 Å². The van der Waals surface area contributed by atoms with E-state index in [1.54, 1.807) is 0 Å². The summed E-state index contributed by atoms with van der Waals surface area (Å²) in [6.45, 7) is 10.4. The van der Waals surface area contributed by atoms with E-state index in [2.05, 4.69) is 42.1 Å². The fraction of sp³-hybridized carbons (Fsp3) is 0.273. The Bertz CT molecular complexity index is 341. The van der Waals surface area contributed by atoms with Crippen molar-refractivity contribution in [2.24, 2.45) is 0 Å². The summed E-state index contributed by atoms with van der Waals surface area (Å²) in [5, 5.41) is 0. The second-order valence-electron chi connectivity index (χ2n) is 4.12. The molecule has 3 heteroatoms. The third kappa shape index (κ3) is 3.31. The maximum Gasteiger partial charge on any atom is 0.242 e. The van der Waals surface area contributed by atoms with Gasteiger partial charge in [-0.05, 0) is 25.7 Å². The molecule has 0 aliphatic rings. The maximum atomic E-state index is 5.82. The highest BCUT2D eigenvalue weighted by molar-refractivity contribution is 9.10. The van der Waals surface area contributed by atoms with Crippen LogP contribution in [0, 0.1) is 0 Å². The van der Waals surface area contributed by atoms with Crippen LogP contribution in [0.25, 0.3) is 5.76 Å². The van der Waals surface area contributed by atoms with E-state index in [1.165, 1.54) is 0 Å². The van der Waals surface area contributed by atoms with Crippen LogP contribution in [0.2, 0.25) is 19.6 Å². The van der Waals surface area contributed by atoms with Crippen molar-refractivity contribution < 1.29 is 4.43 Å². The quantitative estimate of drug-likeness (QED) is 0.589. The van der Waals surface area contributed by atoms with Gasteiger partial charge in [0.1, 0.15) is 5.76 Å². The molecule has 1 aromatic carbocycles. The molecule has 1 rings (SSSR count). The molecule has 0 aromatic heterocycles. The molecule has 0 atom stereocenters. The summed E-state index contributed by atoms with van der Waals surface area (Å²) in [6, 6.07) is 7.97. The summed E-state index contributed by atoms with van der Waals surface area (Å²) in [5.74, 6) is 0.761. The van der Waals surface area contributed by atoms with E-state index in [0.717, 1.165) is 15.8 Å². The Hall–Kier alpha value is -0.543. The monoisotopic (exact) mass is 270 g/mol. The molecule has 0 spiro atoms. The zero-order chi connectivity index (χ0) is 10.8. The molecule has 0 aliphatic heterocycles. The molecule has 0 bridgehead atoms. The maximum absolute atomic E-state index is 5.82. The Labute approximate surface area is 95.1 Å². The van der Waals surface area contributed by atoms with Gasteiger partial charge in [-0.3, -0.25) is 0 Å². The molecule has 1 aromatic rings. The van der Waals surface area contributed by atoms with E-state index >= 15 is 0 Å². The molecule has 1 nitrogen and oxygen atoms in total. The lowest BCUT2D eigenvalue weighted by molar-refractivity contribution is 0.516. The molecule has 0 aliphatic carbocycles. The predicted molar refractivity (Wildman–Crippen MR) is 67.6 cm³/mol. The summed E-state index contributed by atoms with van der Waals surface area (Å²) < 4.78 is 6.85. The molecule has 76 valence electrons. The predicted octanol–water partition coefficient (Wildman–Crippen LogP) is 4.27. The normalized spacial score (nSPS) is 11.1. The highest BCUT2D eigenvalue weighted by Crippen LogP contribution is 2.25. The van der Waals surface area contributed by atoms with Crippen molar-refractivity contribution in [1.29, 1.82) is 0 Å². The molecule has 14 heavy (non-hydrogen) atoms. The van der Waals surface area contributed by atoms with E-state index in [4.69, 9.17) is 4.43 Å². The second kappa shape index (κ2) is 4.32. The minimum Gasteiger partial charge on any atom is -0.544 e. The smallest absolute Gasteiger partial charge is 0.242 e. The third-order valence-corrected chi connectivity index (χ3v) is 3.15. The topological polar surface area (TPSA) is 9.23 Å². The van der Waals surface area contributed by atoms with Gasteiger partial charge in [-0.15, -0.1) is 0 Å². The van der Waals surface area contributed by atoms with Crippen LogP contribution in [0.4, 0.5) is 0 Å². The lowest BCUT2D eigenvalue weighted by atomic mass is 10.2. The zero-order valence-corrected chi connectivity index (χ0v) is 11.4. The van der Waals surface area contributed by atoms with Crippen molar-refractivity contribution in [1.82, 2.24) is 0 Å². The molecule has 0 N–H and O–H groups in total. The van der Waals surface area contributed by atoms with Crippen LogP contribution in [0.15, 0.2) is 35.3 Å². The lowest BCUT2D eigenvalue weighted by Gasteiger charge is -2.21. The molecule has 0 heterocycles. The van der Waals surface area contributed by atoms with Crippen molar-refractivity contribution in [3.8, 4) is 0 Å². The fourth-order valence-corrected chi connectivity index (χ4v) is 2.47. The Morgan fingerprint density at radius 2 is 1.86 bits per heavy atom. The lowest BCUT2D eigenvalue weighted by Crippen LogP contribution is -2.24. The van der Waals surface area contributed by atoms with Crippen molar-refractivity contribution in [2.45, 2.75) is 19.6 Å². The van der Waals surface area contributed by atoms with Crippen LogP contribution in [-0.2, 0) is 4.43 Å². The summed E-state index contributed by atoms with van der Waals surface area (Å²) in [6.07, 6.45) is 0. The van der Waals surface area contributed by atoms with Gasteiger partial charge < -0.3 is 4.43 Å². The van der Waals surface area contributed by atoms with Crippen LogP contribution in [0.5, 0.6) is 0 Å². The van der Waals surface area contributed by atoms with Gasteiger partial charge in [0.25, 0.3) is 0 Å². The number of hydrogen-bond acceptors (Lipinski definition) is 1. The minimum absolute atomic E-state index is 0.761. The van der Waals surface area contributed by atoms with Gasteiger partial charge in [0.15, 0.2) is 0 Å².